The van der Waals surface area contributed by atoms with E-state index in [0.717, 1.165) is 22.1 Å². The van der Waals surface area contributed by atoms with Gasteiger partial charge in [0, 0.05) is 39.2 Å². The number of nitrogens with one attached hydrogen (secondary N) is 1. The lowest BCUT2D eigenvalue weighted by Crippen LogP contribution is -2.27. The fraction of sp³-hybridized carbons (Fsp3) is 0.185. The molecule has 3 rings (SSSR count). The van der Waals surface area contributed by atoms with Crippen molar-refractivity contribution in [2.75, 3.05) is 5.43 Å². The molecular weight excluding hydrogens is 512 g/mol. The molecule has 3 aromatic rings. The summed E-state index contributed by atoms with van der Waals surface area (Å²) in [5, 5.41) is 10.9. The van der Waals surface area contributed by atoms with Gasteiger partial charge >= 0.3 is 6.09 Å². The molecule has 0 unspecified atom stereocenters. The van der Waals surface area contributed by atoms with E-state index in [-0.39, 0.29) is 11.3 Å². The van der Waals surface area contributed by atoms with Crippen LogP contribution in [0, 0.1) is 0 Å². The number of benzene rings is 2. The zero-order valence-electron chi connectivity index (χ0n) is 20.9. The first-order valence-electron chi connectivity index (χ1n) is 11.4. The number of ether oxygens (including phenoxy) is 1. The number of hydrogen-bond donors (Lipinski definition) is 3. The van der Waals surface area contributed by atoms with Gasteiger partial charge in [-0.15, -0.1) is 0 Å². The Bertz CT molecular complexity index is 1330. The molecule has 194 valence electrons. The van der Waals surface area contributed by atoms with Crippen LogP contribution in [-0.2, 0) is 4.74 Å². The summed E-state index contributed by atoms with van der Waals surface area (Å²) >= 11 is 7.12. The predicted octanol–water partition coefficient (Wildman–Crippen LogP) is 6.92. The van der Waals surface area contributed by atoms with Gasteiger partial charge in [0.1, 0.15) is 5.60 Å². The minimum atomic E-state index is -0.610. The molecule has 0 aliphatic heterocycles. The van der Waals surface area contributed by atoms with Crippen molar-refractivity contribution in [3.8, 4) is 11.3 Å². The van der Waals surface area contributed by atoms with Crippen molar-refractivity contribution < 1.29 is 19.5 Å². The Labute approximate surface area is 225 Å². The lowest BCUT2D eigenvalue weighted by Gasteiger charge is -2.20. The maximum atomic E-state index is 13.0. The quantitative estimate of drug-likeness (QED) is 0.0928. The van der Waals surface area contributed by atoms with Gasteiger partial charge in [0.05, 0.1) is 11.4 Å². The largest absolute Gasteiger partial charge is 0.443 e. The third-order valence-corrected chi connectivity index (χ3v) is 5.95. The molecule has 0 amide bonds. The summed E-state index contributed by atoms with van der Waals surface area (Å²) in [6.07, 6.45) is 5.61. The third kappa shape index (κ3) is 7.50. The average molecular weight is 541 g/mol. The number of hydrazine groups is 1. The molecule has 0 aliphatic carbocycles. The Hall–Kier alpha value is -3.50. The van der Waals surface area contributed by atoms with E-state index >= 15 is 0 Å². The highest BCUT2D eigenvalue weighted by Gasteiger charge is 2.20. The van der Waals surface area contributed by atoms with Crippen LogP contribution in [0.5, 0.6) is 0 Å². The number of carbonyl (C=O) groups is 2. The SMILES string of the molecule is C/C=C(\C=C/N)C(=O)c1cc(Cl)ccc1NN(O)Sc1ccc(-c2cccn2C(=O)OC(C)(C)C)cc1. The number of nitrogens with two attached hydrogens (primary N) is 1. The van der Waals surface area contributed by atoms with Crippen LogP contribution >= 0.6 is 23.5 Å². The van der Waals surface area contributed by atoms with Crippen molar-refractivity contribution in [1.29, 1.82) is 0 Å². The lowest BCUT2D eigenvalue weighted by atomic mass is 10.0. The number of allylic oxidation sites excluding steroid dienone is 3. The number of carbonyl (C=O) groups excluding carboxylic acids is 2. The van der Waals surface area contributed by atoms with Gasteiger partial charge in [-0.1, -0.05) is 29.8 Å². The van der Waals surface area contributed by atoms with Gasteiger partial charge in [0.15, 0.2) is 5.78 Å². The Balaban J connectivity index is 1.74. The molecular formula is C27H29ClN4O4S. The maximum Gasteiger partial charge on any atom is 0.418 e. The molecule has 0 saturated carbocycles. The van der Waals surface area contributed by atoms with Crippen LogP contribution < -0.4 is 11.2 Å². The standard InChI is InChI=1S/C27H29ClN4O4S/c1-5-18(14-15-29)25(33)22-17-20(28)10-13-23(22)30-32(35)37-21-11-8-19(9-12-21)24-7-6-16-31(24)26(34)36-27(2,3)4/h5-17,30,35H,29H2,1-4H3/b15-14-,18-5+. The second-order valence-electron chi connectivity index (χ2n) is 8.87. The Morgan fingerprint density at radius 1 is 1.16 bits per heavy atom. The van der Waals surface area contributed by atoms with Crippen LogP contribution in [0.25, 0.3) is 11.3 Å². The van der Waals surface area contributed by atoms with Gasteiger partial charge in [-0.2, -0.15) is 0 Å². The number of anilines is 1. The van der Waals surface area contributed by atoms with E-state index in [1.807, 2.05) is 39.0 Å². The predicted molar refractivity (Wildman–Crippen MR) is 147 cm³/mol. The molecule has 4 N–H and O–H groups in total. The summed E-state index contributed by atoms with van der Waals surface area (Å²) in [6, 6.07) is 15.6. The molecule has 0 saturated heterocycles. The highest BCUT2D eigenvalue weighted by atomic mass is 35.5. The van der Waals surface area contributed by atoms with Gasteiger partial charge in [0.25, 0.3) is 0 Å². The Kier molecular flexibility index (Phi) is 9.23. The van der Waals surface area contributed by atoms with Crippen molar-refractivity contribution in [2.45, 2.75) is 38.2 Å². The molecule has 2 aromatic carbocycles. The van der Waals surface area contributed by atoms with Gasteiger partial charge in [-0.3, -0.25) is 20.0 Å². The number of rotatable bonds is 8. The lowest BCUT2D eigenvalue weighted by molar-refractivity contribution is 0.0437. The molecule has 0 bridgehead atoms. The minimum absolute atomic E-state index is 0.275. The van der Waals surface area contributed by atoms with E-state index in [9.17, 15) is 14.8 Å². The molecule has 1 heterocycles. The second-order valence-corrected chi connectivity index (χ2v) is 10.3. The minimum Gasteiger partial charge on any atom is -0.443 e. The van der Waals surface area contributed by atoms with E-state index in [2.05, 4.69) is 5.43 Å². The fourth-order valence-corrected chi connectivity index (χ4v) is 4.14. The number of halogens is 1. The molecule has 37 heavy (non-hydrogen) atoms. The summed E-state index contributed by atoms with van der Waals surface area (Å²) in [7, 11) is 0. The summed E-state index contributed by atoms with van der Waals surface area (Å²) in [5.74, 6) is -0.301. The first-order chi connectivity index (χ1) is 17.5. The highest BCUT2D eigenvalue weighted by Crippen LogP contribution is 2.29. The van der Waals surface area contributed by atoms with E-state index in [1.54, 1.807) is 49.5 Å². The van der Waals surface area contributed by atoms with Crippen LogP contribution in [-0.4, -0.2) is 31.8 Å². The van der Waals surface area contributed by atoms with E-state index in [1.165, 1.54) is 22.9 Å². The molecule has 8 nitrogen and oxygen atoms in total. The van der Waals surface area contributed by atoms with Crippen molar-refractivity contribution >= 4 is 41.1 Å². The number of hydrogen-bond acceptors (Lipinski definition) is 8. The first kappa shape index (κ1) is 28.1. The molecule has 0 atom stereocenters. The number of nitrogens with zero attached hydrogens (tertiary/aromatic N) is 2. The van der Waals surface area contributed by atoms with E-state index < -0.39 is 11.7 Å². The summed E-state index contributed by atoms with van der Waals surface area (Å²) in [6.45, 7) is 7.17. The summed E-state index contributed by atoms with van der Waals surface area (Å²) in [5.41, 5.74) is 10.1. The molecule has 0 aliphatic rings. The molecule has 0 spiro atoms. The van der Waals surface area contributed by atoms with Crippen molar-refractivity contribution in [2.24, 2.45) is 5.73 Å². The average Bonchev–Trinajstić information content (AvgIpc) is 3.33. The summed E-state index contributed by atoms with van der Waals surface area (Å²) in [4.78, 5) is 26.2. The van der Waals surface area contributed by atoms with Crippen LogP contribution in [0.4, 0.5) is 10.5 Å². The van der Waals surface area contributed by atoms with Crippen LogP contribution in [0.2, 0.25) is 5.02 Å². The van der Waals surface area contributed by atoms with Gasteiger partial charge in [0.2, 0.25) is 0 Å². The summed E-state index contributed by atoms with van der Waals surface area (Å²) < 4.78 is 7.72. The van der Waals surface area contributed by atoms with Gasteiger partial charge < -0.3 is 10.5 Å². The fourth-order valence-electron chi connectivity index (χ4n) is 3.36. The van der Waals surface area contributed by atoms with Crippen LogP contribution in [0.1, 0.15) is 38.1 Å². The molecule has 10 heteroatoms. The normalized spacial score (nSPS) is 12.2. The maximum absolute atomic E-state index is 13.0. The molecule has 0 radical (unpaired) electrons. The smallest absolute Gasteiger partial charge is 0.418 e. The first-order valence-corrected chi connectivity index (χ1v) is 12.5. The van der Waals surface area contributed by atoms with Gasteiger partial charge in [-0.05, 0) is 92.6 Å². The van der Waals surface area contributed by atoms with Gasteiger partial charge in [-0.25, -0.2) is 4.79 Å². The number of aromatic nitrogens is 1. The Morgan fingerprint density at radius 3 is 2.49 bits per heavy atom. The van der Waals surface area contributed by atoms with E-state index in [0.29, 0.717) is 26.9 Å². The van der Waals surface area contributed by atoms with E-state index in [4.69, 9.17) is 22.1 Å². The van der Waals surface area contributed by atoms with Crippen molar-refractivity contribution in [3.05, 3.63) is 95.3 Å². The zero-order valence-corrected chi connectivity index (χ0v) is 22.5. The zero-order chi connectivity index (χ0) is 27.2. The number of ketones is 1. The second kappa shape index (κ2) is 12.2. The monoisotopic (exact) mass is 540 g/mol. The highest BCUT2D eigenvalue weighted by molar-refractivity contribution is 7.97. The number of Topliss-reactive ketones (excluding diaryl/α,β-unsaturated/α-hetero) is 1. The van der Waals surface area contributed by atoms with Crippen molar-refractivity contribution in [3.63, 3.8) is 0 Å². The topological polar surface area (TPSA) is 110 Å². The van der Waals surface area contributed by atoms with Crippen LogP contribution in [0.3, 0.4) is 0 Å². The van der Waals surface area contributed by atoms with Crippen molar-refractivity contribution in [1.82, 2.24) is 9.14 Å². The third-order valence-electron chi connectivity index (χ3n) is 4.97. The molecule has 0 fully saturated rings. The Morgan fingerprint density at radius 2 is 1.86 bits per heavy atom. The van der Waals surface area contributed by atoms with Crippen LogP contribution in [0.15, 0.2) is 89.6 Å². The molecule has 1 aromatic heterocycles.